The fourth-order valence-electron chi connectivity index (χ4n) is 2.65. The molecule has 1 saturated heterocycles. The van der Waals surface area contributed by atoms with Gasteiger partial charge in [-0.05, 0) is 25.8 Å². The number of halogens is 1. The van der Waals surface area contributed by atoms with Gasteiger partial charge < -0.3 is 5.73 Å². The second-order valence-electron chi connectivity index (χ2n) is 5.29. The number of sulfonamides is 1. The van der Waals surface area contributed by atoms with E-state index in [1.807, 2.05) is 0 Å². The first-order valence-corrected chi connectivity index (χ1v) is 8.30. The monoisotopic (exact) mass is 349 g/mol. The highest BCUT2D eigenvalue weighted by molar-refractivity contribution is 7.89. The lowest BCUT2D eigenvalue weighted by Crippen LogP contribution is -2.51. The summed E-state index contributed by atoms with van der Waals surface area (Å²) in [4.78, 5) is 10.2. The molecule has 0 saturated carbocycles. The van der Waals surface area contributed by atoms with Gasteiger partial charge in [-0.15, -0.1) is 12.4 Å². The van der Waals surface area contributed by atoms with Crippen molar-refractivity contribution in [1.29, 1.82) is 0 Å². The Hall–Kier alpha value is -1.22. The van der Waals surface area contributed by atoms with E-state index in [-0.39, 0.29) is 35.1 Å². The third-order valence-electron chi connectivity index (χ3n) is 3.74. The van der Waals surface area contributed by atoms with Crippen molar-refractivity contribution < 1.29 is 13.3 Å². The van der Waals surface area contributed by atoms with E-state index in [0.717, 1.165) is 18.9 Å². The summed E-state index contributed by atoms with van der Waals surface area (Å²) in [6, 6.07) is 4.60. The van der Waals surface area contributed by atoms with E-state index < -0.39 is 14.9 Å². The van der Waals surface area contributed by atoms with Gasteiger partial charge in [-0.1, -0.05) is 12.5 Å². The molecule has 0 radical (unpaired) electrons. The molecule has 0 bridgehead atoms. The van der Waals surface area contributed by atoms with E-state index >= 15 is 0 Å². The van der Waals surface area contributed by atoms with Crippen LogP contribution < -0.4 is 5.73 Å². The predicted octanol–water partition coefficient (Wildman–Crippen LogP) is 1.91. The molecule has 1 aromatic rings. The van der Waals surface area contributed by atoms with Crippen molar-refractivity contribution in [1.82, 2.24) is 4.31 Å². The summed E-state index contributed by atoms with van der Waals surface area (Å²) < 4.78 is 26.8. The highest BCUT2D eigenvalue weighted by Crippen LogP contribution is 2.28. The second kappa shape index (κ2) is 7.36. The Morgan fingerprint density at radius 2 is 2.09 bits per heavy atom. The molecule has 9 heteroatoms. The fourth-order valence-corrected chi connectivity index (χ4v) is 4.46. The minimum absolute atomic E-state index is 0. The van der Waals surface area contributed by atoms with Crippen molar-refractivity contribution in [3.63, 3.8) is 0 Å². The molecule has 1 heterocycles. The molecular weight excluding hydrogens is 330 g/mol. The number of rotatable bonds is 4. The van der Waals surface area contributed by atoms with Gasteiger partial charge in [-0.3, -0.25) is 10.1 Å². The first kappa shape index (κ1) is 18.8. The highest BCUT2D eigenvalue weighted by Gasteiger charge is 2.35. The lowest BCUT2D eigenvalue weighted by atomic mass is 10.00. The SMILES string of the molecule is CC(N)C1CCCCN1S(=O)(=O)c1cccc([N+](=O)[O-])c1.Cl. The van der Waals surface area contributed by atoms with Crippen LogP contribution >= 0.6 is 12.4 Å². The van der Waals surface area contributed by atoms with Crippen molar-refractivity contribution in [3.05, 3.63) is 34.4 Å². The smallest absolute Gasteiger partial charge is 0.270 e. The summed E-state index contributed by atoms with van der Waals surface area (Å²) in [7, 11) is -3.76. The van der Waals surface area contributed by atoms with E-state index in [9.17, 15) is 18.5 Å². The lowest BCUT2D eigenvalue weighted by molar-refractivity contribution is -0.385. The van der Waals surface area contributed by atoms with Gasteiger partial charge in [0.25, 0.3) is 5.69 Å². The van der Waals surface area contributed by atoms with Gasteiger partial charge in [0.15, 0.2) is 0 Å². The number of non-ortho nitro benzene ring substituents is 1. The third kappa shape index (κ3) is 3.75. The Morgan fingerprint density at radius 3 is 2.68 bits per heavy atom. The maximum absolute atomic E-state index is 12.7. The van der Waals surface area contributed by atoms with Gasteiger partial charge in [-0.2, -0.15) is 4.31 Å². The van der Waals surface area contributed by atoms with Crippen LogP contribution in [0.1, 0.15) is 26.2 Å². The molecule has 0 aliphatic carbocycles. The number of benzene rings is 1. The van der Waals surface area contributed by atoms with Crippen LogP contribution in [0, 0.1) is 10.1 Å². The normalized spacial score (nSPS) is 20.9. The Morgan fingerprint density at radius 1 is 1.41 bits per heavy atom. The fraction of sp³-hybridized carbons (Fsp3) is 0.538. The topological polar surface area (TPSA) is 107 Å². The van der Waals surface area contributed by atoms with Gasteiger partial charge >= 0.3 is 0 Å². The van der Waals surface area contributed by atoms with Crippen LogP contribution in [0.5, 0.6) is 0 Å². The molecule has 1 aliphatic heterocycles. The van der Waals surface area contributed by atoms with E-state index in [2.05, 4.69) is 0 Å². The Kier molecular flexibility index (Phi) is 6.30. The van der Waals surface area contributed by atoms with Crippen LogP contribution in [-0.4, -0.2) is 36.3 Å². The zero-order valence-electron chi connectivity index (χ0n) is 12.2. The molecule has 2 N–H and O–H groups in total. The van der Waals surface area contributed by atoms with Gasteiger partial charge in [0.1, 0.15) is 0 Å². The molecule has 1 aromatic carbocycles. The Balaban J connectivity index is 0.00000242. The van der Waals surface area contributed by atoms with Crippen LogP contribution in [0.3, 0.4) is 0 Å². The number of hydrogen-bond acceptors (Lipinski definition) is 5. The maximum atomic E-state index is 12.7. The molecule has 1 fully saturated rings. The maximum Gasteiger partial charge on any atom is 0.270 e. The highest BCUT2D eigenvalue weighted by atomic mass is 35.5. The summed E-state index contributed by atoms with van der Waals surface area (Å²) in [5.41, 5.74) is 5.67. The van der Waals surface area contributed by atoms with E-state index in [0.29, 0.717) is 13.0 Å². The number of nitrogens with zero attached hydrogens (tertiary/aromatic N) is 2. The number of hydrogen-bond donors (Lipinski definition) is 1. The molecule has 1 aliphatic rings. The number of nitrogens with two attached hydrogens (primary N) is 1. The predicted molar refractivity (Wildman–Crippen MR) is 85.5 cm³/mol. The molecule has 2 atom stereocenters. The summed E-state index contributed by atoms with van der Waals surface area (Å²) in [5, 5.41) is 10.8. The van der Waals surface area contributed by atoms with Gasteiger partial charge in [0.05, 0.1) is 9.82 Å². The standard InChI is InChI=1S/C13H19N3O4S.ClH/c1-10(14)13-7-2-3-8-15(13)21(19,20)12-6-4-5-11(9-12)16(17)18;/h4-6,9-10,13H,2-3,7-8,14H2,1H3;1H. The van der Waals surface area contributed by atoms with Crippen LogP contribution in [0.2, 0.25) is 0 Å². The van der Waals surface area contributed by atoms with Crippen molar-refractivity contribution in [3.8, 4) is 0 Å². The van der Waals surface area contributed by atoms with E-state index in [1.54, 1.807) is 6.92 Å². The Labute approximate surface area is 136 Å². The van der Waals surface area contributed by atoms with Crippen LogP contribution in [0.25, 0.3) is 0 Å². The molecule has 0 spiro atoms. The minimum atomic E-state index is -3.76. The first-order valence-electron chi connectivity index (χ1n) is 6.86. The average molecular weight is 350 g/mol. The summed E-state index contributed by atoms with van der Waals surface area (Å²) in [6.45, 7) is 2.18. The van der Waals surface area contributed by atoms with Crippen molar-refractivity contribution in [2.45, 2.75) is 43.2 Å². The van der Waals surface area contributed by atoms with Gasteiger partial charge in [0.2, 0.25) is 10.0 Å². The van der Waals surface area contributed by atoms with Crippen molar-refractivity contribution >= 4 is 28.1 Å². The Bertz CT molecular complexity index is 636. The lowest BCUT2D eigenvalue weighted by Gasteiger charge is -2.36. The quantitative estimate of drug-likeness (QED) is 0.660. The zero-order chi connectivity index (χ0) is 15.6. The summed E-state index contributed by atoms with van der Waals surface area (Å²) in [5.74, 6) is 0. The van der Waals surface area contributed by atoms with E-state index in [1.165, 1.54) is 22.5 Å². The molecule has 22 heavy (non-hydrogen) atoms. The molecular formula is C13H20ClN3O4S. The molecule has 0 aromatic heterocycles. The molecule has 7 nitrogen and oxygen atoms in total. The minimum Gasteiger partial charge on any atom is -0.326 e. The molecule has 124 valence electrons. The number of nitro benzene ring substituents is 1. The van der Waals surface area contributed by atoms with Crippen LogP contribution in [0.4, 0.5) is 5.69 Å². The third-order valence-corrected chi connectivity index (χ3v) is 5.66. The second-order valence-corrected chi connectivity index (χ2v) is 7.18. The van der Waals surface area contributed by atoms with Gasteiger partial charge in [-0.25, -0.2) is 8.42 Å². The summed E-state index contributed by atoms with van der Waals surface area (Å²) in [6.07, 6.45) is 2.43. The van der Waals surface area contributed by atoms with Crippen LogP contribution in [0.15, 0.2) is 29.2 Å². The van der Waals surface area contributed by atoms with Crippen molar-refractivity contribution in [2.24, 2.45) is 5.73 Å². The number of nitro groups is 1. The van der Waals surface area contributed by atoms with E-state index in [4.69, 9.17) is 5.73 Å². The first-order chi connectivity index (χ1) is 9.84. The van der Waals surface area contributed by atoms with Crippen molar-refractivity contribution in [2.75, 3.05) is 6.54 Å². The largest absolute Gasteiger partial charge is 0.326 e. The molecule has 0 amide bonds. The van der Waals surface area contributed by atoms with Crippen LogP contribution in [-0.2, 0) is 10.0 Å². The molecule has 2 unspecified atom stereocenters. The summed E-state index contributed by atoms with van der Waals surface area (Å²) >= 11 is 0. The van der Waals surface area contributed by atoms with Gasteiger partial charge in [0, 0.05) is 30.8 Å². The average Bonchev–Trinajstić information content (AvgIpc) is 2.47. The molecule has 2 rings (SSSR count). The number of piperidine rings is 1. The zero-order valence-corrected chi connectivity index (χ0v) is 13.8.